The Bertz CT molecular complexity index is 374. The van der Waals surface area contributed by atoms with Crippen molar-refractivity contribution in [2.24, 2.45) is 0 Å². The molecule has 4 heteroatoms. The predicted molar refractivity (Wildman–Crippen MR) is 53.1 cm³/mol. The summed E-state index contributed by atoms with van der Waals surface area (Å²) in [7, 11) is 0. The molecule has 1 aromatic rings. The van der Waals surface area contributed by atoms with E-state index >= 15 is 0 Å². The third-order valence-corrected chi connectivity index (χ3v) is 1.89. The molecule has 0 heterocycles. The van der Waals surface area contributed by atoms with Crippen LogP contribution in [0.2, 0.25) is 0 Å². The van der Waals surface area contributed by atoms with E-state index in [1.807, 2.05) is 13.0 Å². The molecular weight excluding hydrogens is 194 g/mol. The van der Waals surface area contributed by atoms with Crippen molar-refractivity contribution in [3.05, 3.63) is 35.4 Å². The summed E-state index contributed by atoms with van der Waals surface area (Å²) >= 11 is 0. The number of carboxylic acid groups (broad SMARTS) is 1. The van der Waals surface area contributed by atoms with Gasteiger partial charge in [-0.15, -0.1) is 0 Å². The average molecular weight is 206 g/mol. The van der Waals surface area contributed by atoms with E-state index in [1.165, 1.54) is 0 Å². The van der Waals surface area contributed by atoms with Gasteiger partial charge in [-0.25, -0.2) is 0 Å². The lowest BCUT2D eigenvalue weighted by atomic mass is 10.1. The minimum Gasteiger partial charge on any atom is -0.550 e. The van der Waals surface area contributed by atoms with Gasteiger partial charge in [0, 0.05) is 24.5 Å². The summed E-state index contributed by atoms with van der Waals surface area (Å²) in [5, 5.41) is 12.6. The molecule has 0 unspecified atom stereocenters. The number of benzene rings is 1. The molecule has 0 aliphatic rings. The molecule has 0 bridgehead atoms. The molecule has 0 spiro atoms. The smallest absolute Gasteiger partial charge is 0.251 e. The highest BCUT2D eigenvalue weighted by atomic mass is 16.4. The van der Waals surface area contributed by atoms with Crippen LogP contribution in [-0.4, -0.2) is 18.4 Å². The Hall–Kier alpha value is -1.84. The van der Waals surface area contributed by atoms with Crippen molar-refractivity contribution in [3.63, 3.8) is 0 Å². The van der Waals surface area contributed by atoms with Crippen LogP contribution in [0.15, 0.2) is 24.3 Å². The Kier molecular flexibility index (Phi) is 3.85. The highest BCUT2D eigenvalue weighted by Crippen LogP contribution is 2.03. The Morgan fingerprint density at radius 1 is 1.40 bits per heavy atom. The molecule has 0 aliphatic heterocycles. The molecule has 1 rings (SSSR count). The highest BCUT2D eigenvalue weighted by molar-refractivity contribution is 5.94. The van der Waals surface area contributed by atoms with Crippen molar-refractivity contribution < 1.29 is 14.7 Å². The Morgan fingerprint density at radius 2 is 2.13 bits per heavy atom. The fourth-order valence-electron chi connectivity index (χ4n) is 1.17. The van der Waals surface area contributed by atoms with Crippen LogP contribution in [0.25, 0.3) is 0 Å². The van der Waals surface area contributed by atoms with Crippen LogP contribution >= 0.6 is 0 Å². The number of aryl methyl sites for hydroxylation is 1. The number of aliphatic carboxylic acids is 1. The molecule has 1 N–H and O–H groups in total. The molecule has 0 atom stereocenters. The van der Waals surface area contributed by atoms with E-state index in [0.29, 0.717) is 5.56 Å². The van der Waals surface area contributed by atoms with Gasteiger partial charge in [-0.3, -0.25) is 4.79 Å². The van der Waals surface area contributed by atoms with Crippen LogP contribution in [0.3, 0.4) is 0 Å². The molecule has 0 aromatic heterocycles. The summed E-state index contributed by atoms with van der Waals surface area (Å²) in [6, 6.07) is 7.09. The number of hydrogen-bond donors (Lipinski definition) is 1. The number of amides is 1. The largest absolute Gasteiger partial charge is 0.550 e. The first-order chi connectivity index (χ1) is 7.09. The minimum atomic E-state index is -1.17. The van der Waals surface area contributed by atoms with E-state index in [1.54, 1.807) is 18.2 Å². The van der Waals surface area contributed by atoms with Gasteiger partial charge in [0.2, 0.25) is 0 Å². The van der Waals surface area contributed by atoms with Gasteiger partial charge in [0.15, 0.2) is 0 Å². The topological polar surface area (TPSA) is 69.2 Å². The van der Waals surface area contributed by atoms with Crippen LogP contribution in [0, 0.1) is 6.92 Å². The van der Waals surface area contributed by atoms with E-state index in [2.05, 4.69) is 5.32 Å². The molecule has 0 saturated heterocycles. The Balaban J connectivity index is 2.50. The van der Waals surface area contributed by atoms with Crippen molar-refractivity contribution in [2.75, 3.05) is 6.54 Å². The van der Waals surface area contributed by atoms with Crippen LogP contribution < -0.4 is 10.4 Å². The fourth-order valence-corrected chi connectivity index (χ4v) is 1.17. The van der Waals surface area contributed by atoms with Gasteiger partial charge >= 0.3 is 0 Å². The zero-order chi connectivity index (χ0) is 11.3. The molecule has 1 amide bonds. The molecule has 0 radical (unpaired) electrons. The predicted octanol–water partition coefficient (Wildman–Crippen LogP) is -0.135. The summed E-state index contributed by atoms with van der Waals surface area (Å²) < 4.78 is 0. The lowest BCUT2D eigenvalue weighted by Gasteiger charge is -2.06. The summed E-state index contributed by atoms with van der Waals surface area (Å²) in [6.07, 6.45) is -0.169. The first-order valence-corrected chi connectivity index (χ1v) is 4.64. The third-order valence-electron chi connectivity index (χ3n) is 1.89. The van der Waals surface area contributed by atoms with Crippen LogP contribution in [0.1, 0.15) is 22.3 Å². The van der Waals surface area contributed by atoms with Crippen molar-refractivity contribution in [1.29, 1.82) is 0 Å². The Morgan fingerprint density at radius 3 is 2.73 bits per heavy atom. The van der Waals surface area contributed by atoms with Gasteiger partial charge in [0.1, 0.15) is 0 Å². The van der Waals surface area contributed by atoms with E-state index in [9.17, 15) is 14.7 Å². The number of nitrogens with one attached hydrogen (secondary N) is 1. The number of carboxylic acids is 1. The van der Waals surface area contributed by atoms with Crippen molar-refractivity contribution in [1.82, 2.24) is 5.32 Å². The Labute approximate surface area is 87.9 Å². The second kappa shape index (κ2) is 5.14. The monoisotopic (exact) mass is 206 g/mol. The summed E-state index contributed by atoms with van der Waals surface area (Å²) in [4.78, 5) is 21.6. The van der Waals surface area contributed by atoms with Crippen LogP contribution in [0.4, 0.5) is 0 Å². The maximum Gasteiger partial charge on any atom is 0.251 e. The number of rotatable bonds is 4. The van der Waals surface area contributed by atoms with Gasteiger partial charge in [-0.2, -0.15) is 0 Å². The molecule has 4 nitrogen and oxygen atoms in total. The quantitative estimate of drug-likeness (QED) is 0.745. The maximum absolute atomic E-state index is 11.5. The summed E-state index contributed by atoms with van der Waals surface area (Å²) in [5.74, 6) is -1.43. The van der Waals surface area contributed by atoms with Crippen molar-refractivity contribution in [2.45, 2.75) is 13.3 Å². The minimum absolute atomic E-state index is 0.0924. The zero-order valence-electron chi connectivity index (χ0n) is 8.45. The van der Waals surface area contributed by atoms with E-state index in [0.717, 1.165) is 5.56 Å². The normalized spacial score (nSPS) is 9.67. The SMILES string of the molecule is Cc1cccc(C(=O)NCCC(=O)[O-])c1. The van der Waals surface area contributed by atoms with Crippen LogP contribution in [0.5, 0.6) is 0 Å². The van der Waals surface area contributed by atoms with E-state index in [4.69, 9.17) is 0 Å². The number of carbonyl (C=O) groups excluding carboxylic acids is 2. The third kappa shape index (κ3) is 3.81. The van der Waals surface area contributed by atoms with Gasteiger partial charge < -0.3 is 15.2 Å². The second-order valence-corrected chi connectivity index (χ2v) is 3.25. The van der Waals surface area contributed by atoms with Crippen molar-refractivity contribution in [3.8, 4) is 0 Å². The molecule has 0 fully saturated rings. The summed E-state index contributed by atoms with van der Waals surface area (Å²) in [5.41, 5.74) is 1.52. The fraction of sp³-hybridized carbons (Fsp3) is 0.273. The van der Waals surface area contributed by atoms with E-state index < -0.39 is 5.97 Å². The summed E-state index contributed by atoms with van der Waals surface area (Å²) in [6.45, 7) is 1.98. The second-order valence-electron chi connectivity index (χ2n) is 3.25. The lowest BCUT2D eigenvalue weighted by Crippen LogP contribution is -2.31. The molecule has 1 aromatic carbocycles. The number of hydrogen-bond acceptors (Lipinski definition) is 3. The van der Waals surface area contributed by atoms with Gasteiger partial charge in [-0.1, -0.05) is 17.7 Å². The van der Waals surface area contributed by atoms with Gasteiger partial charge in [0.05, 0.1) is 0 Å². The van der Waals surface area contributed by atoms with Gasteiger partial charge in [-0.05, 0) is 19.1 Å². The maximum atomic E-state index is 11.5. The molecule has 0 saturated carbocycles. The molecule has 80 valence electrons. The van der Waals surface area contributed by atoms with E-state index in [-0.39, 0.29) is 18.9 Å². The standard InChI is InChI=1S/C11H13NO3/c1-8-3-2-4-9(7-8)11(15)12-6-5-10(13)14/h2-4,7H,5-6H2,1H3,(H,12,15)(H,13,14)/p-1. The lowest BCUT2D eigenvalue weighted by molar-refractivity contribution is -0.305. The molecule has 15 heavy (non-hydrogen) atoms. The zero-order valence-corrected chi connectivity index (χ0v) is 8.45. The van der Waals surface area contributed by atoms with Crippen molar-refractivity contribution >= 4 is 11.9 Å². The first kappa shape index (κ1) is 11.2. The number of carbonyl (C=O) groups is 2. The molecule has 0 aliphatic carbocycles. The molecular formula is C11H12NO3-. The highest BCUT2D eigenvalue weighted by Gasteiger charge is 2.03. The van der Waals surface area contributed by atoms with Crippen LogP contribution in [-0.2, 0) is 4.79 Å². The van der Waals surface area contributed by atoms with Gasteiger partial charge in [0.25, 0.3) is 5.91 Å². The average Bonchev–Trinajstić information content (AvgIpc) is 2.17. The first-order valence-electron chi connectivity index (χ1n) is 4.64.